The minimum absolute atomic E-state index is 0.0415. The van der Waals surface area contributed by atoms with Crippen LogP contribution in [0.15, 0.2) is 30.7 Å². The van der Waals surface area contributed by atoms with Gasteiger partial charge >= 0.3 is 0 Å². The number of aliphatic hydroxyl groups excluding tert-OH is 1. The molecular formula is C20H22FN7O2. The summed E-state index contributed by atoms with van der Waals surface area (Å²) >= 11 is 0. The van der Waals surface area contributed by atoms with Crippen LogP contribution >= 0.6 is 0 Å². The van der Waals surface area contributed by atoms with Gasteiger partial charge in [-0.15, -0.1) is 0 Å². The molecule has 1 saturated heterocycles. The van der Waals surface area contributed by atoms with Crippen molar-refractivity contribution in [2.45, 2.75) is 25.3 Å². The summed E-state index contributed by atoms with van der Waals surface area (Å²) in [6.07, 6.45) is 6.83. The molecule has 0 spiro atoms. The molecule has 5 heterocycles. The van der Waals surface area contributed by atoms with Crippen molar-refractivity contribution in [1.82, 2.24) is 30.0 Å². The molecule has 1 amide bonds. The molecule has 2 aliphatic heterocycles. The Bertz CT molecular complexity index is 1100. The summed E-state index contributed by atoms with van der Waals surface area (Å²) in [4.78, 5) is 24.1. The molecule has 1 fully saturated rings. The monoisotopic (exact) mass is 411 g/mol. The van der Waals surface area contributed by atoms with Crippen LogP contribution in [0, 0.1) is 5.82 Å². The fourth-order valence-electron chi connectivity index (χ4n) is 4.31. The second-order valence-electron chi connectivity index (χ2n) is 7.55. The second-order valence-corrected chi connectivity index (χ2v) is 7.55. The zero-order valence-corrected chi connectivity index (χ0v) is 16.3. The van der Waals surface area contributed by atoms with E-state index in [9.17, 15) is 14.3 Å². The number of pyridine rings is 1. The van der Waals surface area contributed by atoms with Crippen molar-refractivity contribution in [1.29, 1.82) is 0 Å². The van der Waals surface area contributed by atoms with E-state index in [0.717, 1.165) is 36.5 Å². The molecule has 5 rings (SSSR count). The quantitative estimate of drug-likeness (QED) is 0.652. The van der Waals surface area contributed by atoms with E-state index in [2.05, 4.69) is 20.4 Å². The third-order valence-electron chi connectivity index (χ3n) is 5.72. The number of aliphatic hydroxyl groups is 1. The molecule has 0 radical (unpaired) electrons. The Morgan fingerprint density at radius 3 is 3.07 bits per heavy atom. The van der Waals surface area contributed by atoms with Gasteiger partial charge < -0.3 is 10.0 Å². The summed E-state index contributed by atoms with van der Waals surface area (Å²) in [6, 6.07) is 3.38. The number of hydrogen-bond acceptors (Lipinski definition) is 7. The number of carbonyl (C=O) groups excluding carboxylic acids is 1. The molecule has 2 bridgehead atoms. The number of β-amino-alcohol motifs (C(OH)–C–C–N with tert-alkyl or cyclic N) is 1. The van der Waals surface area contributed by atoms with E-state index < -0.39 is 0 Å². The largest absolute Gasteiger partial charge is 0.395 e. The molecule has 9 nitrogen and oxygen atoms in total. The number of carbonyl (C=O) groups is 1. The minimum atomic E-state index is -0.369. The maximum absolute atomic E-state index is 14.1. The van der Waals surface area contributed by atoms with Crippen molar-refractivity contribution in [2.75, 3.05) is 31.1 Å². The molecule has 1 atom stereocenters. The van der Waals surface area contributed by atoms with E-state index >= 15 is 0 Å². The average molecular weight is 411 g/mol. The van der Waals surface area contributed by atoms with E-state index in [1.54, 1.807) is 21.8 Å². The van der Waals surface area contributed by atoms with Gasteiger partial charge in [0.25, 0.3) is 5.91 Å². The van der Waals surface area contributed by atoms with Crippen LogP contribution in [0.5, 0.6) is 0 Å². The zero-order valence-electron chi connectivity index (χ0n) is 16.3. The number of nitrogens with one attached hydrogen (secondary N) is 1. The molecule has 0 aliphatic carbocycles. The topological polar surface area (TPSA) is 98.9 Å². The van der Waals surface area contributed by atoms with Crippen molar-refractivity contribution in [3.63, 3.8) is 0 Å². The Balaban J connectivity index is 1.66. The number of halogens is 1. The van der Waals surface area contributed by atoms with Crippen LogP contribution < -0.4 is 10.3 Å². The summed E-state index contributed by atoms with van der Waals surface area (Å²) in [7, 11) is 0. The van der Waals surface area contributed by atoms with Gasteiger partial charge in [-0.3, -0.25) is 15.2 Å². The molecule has 156 valence electrons. The average Bonchev–Trinajstić information content (AvgIpc) is 3.38. The summed E-state index contributed by atoms with van der Waals surface area (Å²) in [5.74, 6) is 0.0146. The Kier molecular flexibility index (Phi) is 4.80. The maximum atomic E-state index is 14.1. The molecule has 0 aromatic carbocycles. The molecule has 3 aromatic heterocycles. The summed E-state index contributed by atoms with van der Waals surface area (Å²) < 4.78 is 15.7. The van der Waals surface area contributed by atoms with Gasteiger partial charge in [-0.25, -0.2) is 18.9 Å². The Morgan fingerprint density at radius 1 is 1.30 bits per heavy atom. The SMILES string of the molecule is O=C1NN(CCO)CCc2ncc(F)cc2C2CCCN2c2ccn3ncc1c3n2. The normalized spacial score (nSPS) is 19.7. The van der Waals surface area contributed by atoms with Crippen LogP contribution in [0.4, 0.5) is 10.2 Å². The van der Waals surface area contributed by atoms with E-state index in [4.69, 9.17) is 4.98 Å². The van der Waals surface area contributed by atoms with Gasteiger partial charge in [0, 0.05) is 37.9 Å². The summed E-state index contributed by atoms with van der Waals surface area (Å²) in [5, 5.41) is 15.3. The number of hydrazine groups is 1. The molecule has 10 heteroatoms. The fourth-order valence-corrected chi connectivity index (χ4v) is 4.31. The first-order valence-electron chi connectivity index (χ1n) is 10.1. The van der Waals surface area contributed by atoms with Crippen LogP contribution in [-0.4, -0.2) is 61.8 Å². The number of aromatic nitrogens is 4. The van der Waals surface area contributed by atoms with Crippen molar-refractivity contribution < 1.29 is 14.3 Å². The molecular weight excluding hydrogens is 389 g/mol. The molecule has 1 unspecified atom stereocenters. The summed E-state index contributed by atoms with van der Waals surface area (Å²) in [6.45, 7) is 1.36. The number of amides is 1. The van der Waals surface area contributed by atoms with Gasteiger partial charge in [0.2, 0.25) is 0 Å². The molecule has 30 heavy (non-hydrogen) atoms. The van der Waals surface area contributed by atoms with Crippen molar-refractivity contribution in [2.24, 2.45) is 0 Å². The lowest BCUT2D eigenvalue weighted by atomic mass is 10.0. The van der Waals surface area contributed by atoms with Gasteiger partial charge in [-0.1, -0.05) is 0 Å². The van der Waals surface area contributed by atoms with Crippen LogP contribution in [0.2, 0.25) is 0 Å². The molecule has 0 saturated carbocycles. The summed E-state index contributed by atoms with van der Waals surface area (Å²) in [5.41, 5.74) is 5.27. The highest BCUT2D eigenvalue weighted by atomic mass is 19.1. The highest BCUT2D eigenvalue weighted by molar-refractivity contribution is 5.99. The number of fused-ring (bicyclic) bond motifs is 5. The predicted octanol–water partition coefficient (Wildman–Crippen LogP) is 1.10. The third-order valence-corrected chi connectivity index (χ3v) is 5.72. The van der Waals surface area contributed by atoms with Crippen molar-refractivity contribution in [3.8, 4) is 0 Å². The van der Waals surface area contributed by atoms with Gasteiger partial charge in [0.15, 0.2) is 5.65 Å². The molecule has 3 aromatic rings. The fraction of sp³-hybridized carbons (Fsp3) is 0.400. The first-order valence-corrected chi connectivity index (χ1v) is 10.1. The van der Waals surface area contributed by atoms with Crippen LogP contribution in [-0.2, 0) is 6.42 Å². The zero-order chi connectivity index (χ0) is 20.7. The first kappa shape index (κ1) is 18.9. The minimum Gasteiger partial charge on any atom is -0.395 e. The number of nitrogens with zero attached hydrogens (tertiary/aromatic N) is 6. The lowest BCUT2D eigenvalue weighted by Gasteiger charge is -2.28. The van der Waals surface area contributed by atoms with Crippen LogP contribution in [0.3, 0.4) is 0 Å². The Morgan fingerprint density at radius 2 is 2.20 bits per heavy atom. The second kappa shape index (κ2) is 7.62. The van der Waals surface area contributed by atoms with E-state index in [1.165, 1.54) is 12.4 Å². The maximum Gasteiger partial charge on any atom is 0.271 e. The third kappa shape index (κ3) is 3.27. The first-order chi connectivity index (χ1) is 14.6. The molecule has 2 N–H and O–H groups in total. The van der Waals surface area contributed by atoms with Crippen molar-refractivity contribution in [3.05, 3.63) is 53.4 Å². The predicted molar refractivity (Wildman–Crippen MR) is 106 cm³/mol. The van der Waals surface area contributed by atoms with Gasteiger partial charge in [-0.05, 0) is 30.5 Å². The number of hydrogen-bond donors (Lipinski definition) is 2. The van der Waals surface area contributed by atoms with E-state index in [1.807, 2.05) is 6.07 Å². The van der Waals surface area contributed by atoms with Crippen LogP contribution in [0.25, 0.3) is 5.65 Å². The Labute approximate surface area is 172 Å². The number of rotatable bonds is 2. The van der Waals surface area contributed by atoms with E-state index in [0.29, 0.717) is 24.2 Å². The highest BCUT2D eigenvalue weighted by Crippen LogP contribution is 2.37. The lowest BCUT2D eigenvalue weighted by molar-refractivity contribution is 0.0753. The number of anilines is 1. The standard InChI is InChI=1S/C20H22FN7O2/c21-13-10-14-16(22-11-13)3-6-26(8-9-29)25-20(30)15-12-23-28-7-4-18(24-19(15)28)27-5-1-2-17(14)27/h4,7,10-12,17,29H,1-3,5-6,8-9H2,(H,25,30). The molecule has 2 aliphatic rings. The van der Waals surface area contributed by atoms with Gasteiger partial charge in [-0.2, -0.15) is 5.10 Å². The van der Waals surface area contributed by atoms with E-state index in [-0.39, 0.29) is 30.9 Å². The van der Waals surface area contributed by atoms with Crippen molar-refractivity contribution >= 4 is 17.4 Å². The van der Waals surface area contributed by atoms with Crippen LogP contribution in [0.1, 0.15) is 40.5 Å². The van der Waals surface area contributed by atoms with Gasteiger partial charge in [0.05, 0.1) is 25.0 Å². The lowest BCUT2D eigenvalue weighted by Crippen LogP contribution is -2.45. The van der Waals surface area contributed by atoms with Gasteiger partial charge in [0.1, 0.15) is 17.2 Å². The smallest absolute Gasteiger partial charge is 0.271 e. The highest BCUT2D eigenvalue weighted by Gasteiger charge is 2.31. The Hall–Kier alpha value is -3.11.